The average Bonchev–Trinajstić information content (AvgIpc) is 2.59. The van der Waals surface area contributed by atoms with Gasteiger partial charge in [-0.2, -0.15) is 0 Å². The molecule has 0 radical (unpaired) electrons. The number of unbranched alkanes of at least 4 members (excludes halogenated alkanes) is 3. The number of benzene rings is 1. The summed E-state index contributed by atoms with van der Waals surface area (Å²) < 4.78 is 16.1. The summed E-state index contributed by atoms with van der Waals surface area (Å²) in [6.45, 7) is 0.841. The Hall–Kier alpha value is -1.57. The number of ether oxygens (including phenoxy) is 3. The SMILES string of the molecule is COc1cc(CO)c([N+](=O)[O-])cc1OCCOCCCCCCCl. The zero-order valence-electron chi connectivity index (χ0n) is 13.8. The van der Waals surface area contributed by atoms with Crippen molar-refractivity contribution < 1.29 is 24.2 Å². The number of nitrogens with zero attached hydrogens (tertiary/aromatic N) is 1. The predicted octanol–water partition coefficient (Wildman–Crippen LogP) is 3.29. The van der Waals surface area contributed by atoms with E-state index in [0.717, 1.165) is 25.7 Å². The number of aliphatic hydroxyl groups excluding tert-OH is 1. The summed E-state index contributed by atoms with van der Waals surface area (Å²) in [4.78, 5) is 10.5. The van der Waals surface area contributed by atoms with Crippen molar-refractivity contribution in [2.75, 3.05) is 32.8 Å². The van der Waals surface area contributed by atoms with Crippen molar-refractivity contribution >= 4 is 17.3 Å². The van der Waals surface area contributed by atoms with Crippen LogP contribution in [0.2, 0.25) is 0 Å². The van der Waals surface area contributed by atoms with Crippen LogP contribution >= 0.6 is 11.6 Å². The Kier molecular flexibility index (Phi) is 10.1. The third kappa shape index (κ3) is 6.90. The number of hydrogen-bond donors (Lipinski definition) is 1. The second kappa shape index (κ2) is 11.9. The predicted molar refractivity (Wildman–Crippen MR) is 91.1 cm³/mol. The topological polar surface area (TPSA) is 91.1 Å². The number of nitro benzene ring substituents is 1. The van der Waals surface area contributed by atoms with Gasteiger partial charge in [0.1, 0.15) is 6.61 Å². The molecule has 7 nitrogen and oxygen atoms in total. The molecule has 1 aromatic rings. The summed E-state index contributed by atoms with van der Waals surface area (Å²) in [5, 5.41) is 20.2. The van der Waals surface area contributed by atoms with Crippen molar-refractivity contribution in [2.45, 2.75) is 32.3 Å². The van der Waals surface area contributed by atoms with Crippen molar-refractivity contribution in [1.29, 1.82) is 0 Å². The summed E-state index contributed by atoms with van der Waals surface area (Å²) in [5.74, 6) is 1.29. The molecule has 0 heterocycles. The van der Waals surface area contributed by atoms with Gasteiger partial charge in [-0.3, -0.25) is 10.1 Å². The first-order valence-electron chi connectivity index (χ1n) is 7.86. The van der Waals surface area contributed by atoms with Crippen LogP contribution in [0, 0.1) is 10.1 Å². The molecule has 0 saturated carbocycles. The first-order chi connectivity index (χ1) is 11.6. The summed E-state index contributed by atoms with van der Waals surface area (Å²) in [6, 6.07) is 2.67. The number of aliphatic hydroxyl groups is 1. The fourth-order valence-corrected chi connectivity index (χ4v) is 2.31. The average molecular weight is 362 g/mol. The van der Waals surface area contributed by atoms with E-state index in [9.17, 15) is 15.2 Å². The number of rotatable bonds is 13. The zero-order valence-corrected chi connectivity index (χ0v) is 14.6. The van der Waals surface area contributed by atoms with Crippen LogP contribution in [0.1, 0.15) is 31.2 Å². The number of nitro groups is 1. The normalized spacial score (nSPS) is 10.6. The fourth-order valence-electron chi connectivity index (χ4n) is 2.13. The van der Waals surface area contributed by atoms with Gasteiger partial charge < -0.3 is 19.3 Å². The molecule has 8 heteroatoms. The molecule has 1 aromatic carbocycles. The third-order valence-electron chi connectivity index (χ3n) is 3.39. The molecule has 1 rings (SSSR count). The van der Waals surface area contributed by atoms with Crippen LogP contribution in [0.4, 0.5) is 5.69 Å². The highest BCUT2D eigenvalue weighted by Gasteiger charge is 2.19. The number of methoxy groups -OCH3 is 1. The molecule has 0 unspecified atom stereocenters. The van der Waals surface area contributed by atoms with E-state index >= 15 is 0 Å². The lowest BCUT2D eigenvalue weighted by Crippen LogP contribution is -2.09. The molecular formula is C16H24ClNO6. The molecule has 0 saturated heterocycles. The standard InChI is InChI=1S/C16H24ClNO6/c1-22-15-10-13(12-19)14(18(20)21)11-16(15)24-9-8-23-7-5-3-2-4-6-17/h10-11,19H,2-9,12H2,1H3. The highest BCUT2D eigenvalue weighted by atomic mass is 35.5. The number of hydrogen-bond acceptors (Lipinski definition) is 6. The molecule has 0 amide bonds. The highest BCUT2D eigenvalue weighted by molar-refractivity contribution is 6.17. The van der Waals surface area contributed by atoms with Crippen LogP contribution in [0.5, 0.6) is 11.5 Å². The highest BCUT2D eigenvalue weighted by Crippen LogP contribution is 2.34. The van der Waals surface area contributed by atoms with Crippen LogP contribution in [-0.2, 0) is 11.3 Å². The summed E-state index contributed by atoms with van der Waals surface area (Å²) in [7, 11) is 1.44. The van der Waals surface area contributed by atoms with Gasteiger partial charge in [-0.05, 0) is 18.9 Å². The maximum absolute atomic E-state index is 11.0. The van der Waals surface area contributed by atoms with Crippen LogP contribution in [0.25, 0.3) is 0 Å². The molecule has 24 heavy (non-hydrogen) atoms. The van der Waals surface area contributed by atoms with E-state index in [1.165, 1.54) is 19.2 Å². The minimum Gasteiger partial charge on any atom is -0.493 e. The first kappa shape index (κ1) is 20.5. The Morgan fingerprint density at radius 1 is 1.12 bits per heavy atom. The van der Waals surface area contributed by atoms with E-state index in [1.807, 2.05) is 0 Å². The molecule has 0 aliphatic rings. The van der Waals surface area contributed by atoms with Gasteiger partial charge in [-0.25, -0.2) is 0 Å². The van der Waals surface area contributed by atoms with Crippen molar-refractivity contribution in [3.05, 3.63) is 27.8 Å². The van der Waals surface area contributed by atoms with Gasteiger partial charge in [-0.1, -0.05) is 12.8 Å². The van der Waals surface area contributed by atoms with E-state index in [4.69, 9.17) is 25.8 Å². The van der Waals surface area contributed by atoms with Crippen LogP contribution in [0.15, 0.2) is 12.1 Å². The van der Waals surface area contributed by atoms with Gasteiger partial charge >= 0.3 is 0 Å². The van der Waals surface area contributed by atoms with Gasteiger partial charge in [0.25, 0.3) is 5.69 Å². The van der Waals surface area contributed by atoms with Crippen molar-refractivity contribution in [3.8, 4) is 11.5 Å². The monoisotopic (exact) mass is 361 g/mol. The molecule has 0 spiro atoms. The van der Waals surface area contributed by atoms with E-state index in [1.54, 1.807) is 0 Å². The number of alkyl halides is 1. The fraction of sp³-hybridized carbons (Fsp3) is 0.625. The van der Waals surface area contributed by atoms with Crippen molar-refractivity contribution in [3.63, 3.8) is 0 Å². The van der Waals surface area contributed by atoms with Crippen LogP contribution < -0.4 is 9.47 Å². The lowest BCUT2D eigenvalue weighted by Gasteiger charge is -2.12. The van der Waals surface area contributed by atoms with Crippen LogP contribution in [0.3, 0.4) is 0 Å². The minimum absolute atomic E-state index is 0.178. The maximum Gasteiger partial charge on any atom is 0.278 e. The summed E-state index contributed by atoms with van der Waals surface area (Å²) in [5.41, 5.74) is -0.0223. The largest absolute Gasteiger partial charge is 0.493 e. The zero-order chi connectivity index (χ0) is 17.8. The van der Waals surface area contributed by atoms with Crippen LogP contribution in [-0.4, -0.2) is 42.8 Å². The second-order valence-electron chi connectivity index (χ2n) is 5.11. The molecule has 0 fully saturated rings. The van der Waals surface area contributed by atoms with Gasteiger partial charge in [0, 0.05) is 12.5 Å². The molecule has 0 aliphatic heterocycles. The van der Waals surface area contributed by atoms with E-state index in [-0.39, 0.29) is 23.6 Å². The Labute approximate surface area is 146 Å². The lowest BCUT2D eigenvalue weighted by atomic mass is 10.1. The maximum atomic E-state index is 11.0. The molecule has 0 aromatic heterocycles. The number of halogens is 1. The Balaban J connectivity index is 2.44. The quantitative estimate of drug-likeness (QED) is 0.251. The minimum atomic E-state index is -0.560. The smallest absolute Gasteiger partial charge is 0.278 e. The molecular weight excluding hydrogens is 338 g/mol. The van der Waals surface area contributed by atoms with Gasteiger partial charge in [0.05, 0.1) is 36.9 Å². The van der Waals surface area contributed by atoms with Crippen molar-refractivity contribution in [1.82, 2.24) is 0 Å². The van der Waals surface area contributed by atoms with Gasteiger partial charge in [0.2, 0.25) is 0 Å². The van der Waals surface area contributed by atoms with E-state index in [2.05, 4.69) is 0 Å². The summed E-state index contributed by atoms with van der Waals surface area (Å²) in [6.07, 6.45) is 4.17. The van der Waals surface area contributed by atoms with Gasteiger partial charge in [0.15, 0.2) is 11.5 Å². The second-order valence-corrected chi connectivity index (χ2v) is 5.49. The molecule has 1 N–H and O–H groups in total. The Morgan fingerprint density at radius 2 is 1.88 bits per heavy atom. The van der Waals surface area contributed by atoms with E-state index < -0.39 is 11.5 Å². The Bertz CT molecular complexity index is 512. The lowest BCUT2D eigenvalue weighted by molar-refractivity contribution is -0.385. The summed E-state index contributed by atoms with van der Waals surface area (Å²) >= 11 is 5.60. The van der Waals surface area contributed by atoms with Crippen molar-refractivity contribution in [2.24, 2.45) is 0 Å². The van der Waals surface area contributed by atoms with Gasteiger partial charge in [-0.15, -0.1) is 11.6 Å². The molecule has 0 atom stereocenters. The third-order valence-corrected chi connectivity index (χ3v) is 3.66. The molecule has 0 bridgehead atoms. The molecule has 0 aliphatic carbocycles. The molecule has 136 valence electrons. The first-order valence-corrected chi connectivity index (χ1v) is 8.40. The van der Waals surface area contributed by atoms with E-state index in [0.29, 0.717) is 24.8 Å². The Morgan fingerprint density at radius 3 is 2.50 bits per heavy atom.